The molecule has 0 unspecified atom stereocenters. The Kier molecular flexibility index (Phi) is 15.0. The number of carbonyl (C=O) groups excluding carboxylic acids is 3. The van der Waals surface area contributed by atoms with Gasteiger partial charge in [-0.05, 0) is 27.2 Å². The Balaban J connectivity index is 5.18. The lowest BCUT2D eigenvalue weighted by Crippen LogP contribution is -2.38. The van der Waals surface area contributed by atoms with Crippen LogP contribution in [0.5, 0.6) is 0 Å². The first-order valence-corrected chi connectivity index (χ1v) is 9.81. The highest BCUT2D eigenvalue weighted by Crippen LogP contribution is 2.24. The molecule has 0 saturated carbocycles. The van der Waals surface area contributed by atoms with Gasteiger partial charge in [-0.2, -0.15) is 0 Å². The molecule has 0 atom stereocenters. The highest BCUT2D eigenvalue weighted by atomic mass is 16.6. The summed E-state index contributed by atoms with van der Waals surface area (Å²) >= 11 is 0. The zero-order valence-electron chi connectivity index (χ0n) is 18.2. The number of hydrogen-bond donors (Lipinski definition) is 0. The van der Waals surface area contributed by atoms with Crippen molar-refractivity contribution >= 4 is 17.9 Å². The van der Waals surface area contributed by atoms with E-state index in [1.807, 2.05) is 27.7 Å². The van der Waals surface area contributed by atoms with Crippen molar-refractivity contribution in [2.75, 3.05) is 19.8 Å². The fourth-order valence-corrected chi connectivity index (χ4v) is 1.98. The van der Waals surface area contributed by atoms with Gasteiger partial charge < -0.3 is 14.2 Å². The van der Waals surface area contributed by atoms with E-state index in [-0.39, 0.29) is 19.8 Å². The molecule has 0 spiro atoms. The van der Waals surface area contributed by atoms with Gasteiger partial charge in [0.1, 0.15) is 19.8 Å². The fraction of sp³-hybridized carbons (Fsp3) is 0.375. The first kappa shape index (κ1) is 26.9. The summed E-state index contributed by atoms with van der Waals surface area (Å²) in [5.41, 5.74) is -0.863. The van der Waals surface area contributed by atoms with Gasteiger partial charge in [-0.15, -0.1) is 0 Å². The van der Waals surface area contributed by atoms with E-state index in [1.54, 1.807) is 54.7 Å². The molecule has 0 aromatic carbocycles. The van der Waals surface area contributed by atoms with E-state index in [4.69, 9.17) is 14.2 Å². The minimum absolute atomic E-state index is 0.0692. The summed E-state index contributed by atoms with van der Waals surface area (Å²) in [6, 6.07) is 0. The first-order valence-electron chi connectivity index (χ1n) is 9.81. The Hall–Kier alpha value is -3.15. The molecule has 6 nitrogen and oxygen atoms in total. The van der Waals surface area contributed by atoms with Crippen LogP contribution in [0.4, 0.5) is 0 Å². The maximum atomic E-state index is 11.9. The number of hydrogen-bond acceptors (Lipinski definition) is 6. The average molecular weight is 417 g/mol. The molecular weight excluding hydrogens is 384 g/mol. The number of rotatable bonds is 13. The van der Waals surface area contributed by atoms with Crippen LogP contribution in [0.25, 0.3) is 0 Å². The second kappa shape index (κ2) is 16.8. The molecule has 0 aliphatic carbocycles. The van der Waals surface area contributed by atoms with Crippen LogP contribution in [0.3, 0.4) is 0 Å². The molecule has 0 saturated heterocycles. The van der Waals surface area contributed by atoms with Crippen molar-refractivity contribution in [2.24, 2.45) is 5.41 Å². The van der Waals surface area contributed by atoms with Gasteiger partial charge in [-0.25, -0.2) is 14.4 Å². The van der Waals surface area contributed by atoms with Gasteiger partial charge in [0.05, 0.1) is 5.41 Å². The van der Waals surface area contributed by atoms with E-state index in [1.165, 1.54) is 18.2 Å². The summed E-state index contributed by atoms with van der Waals surface area (Å²) in [5.74, 6) is -1.61. The van der Waals surface area contributed by atoms with Crippen LogP contribution in [-0.4, -0.2) is 37.7 Å². The number of carbonyl (C=O) groups is 3. The number of ether oxygens (including phenoxy) is 3. The predicted molar refractivity (Wildman–Crippen MR) is 117 cm³/mol. The lowest BCUT2D eigenvalue weighted by molar-refractivity contribution is -0.156. The molecule has 6 heteroatoms. The molecule has 164 valence electrons. The lowest BCUT2D eigenvalue weighted by atomic mass is 9.88. The largest absolute Gasteiger partial charge is 0.462 e. The molecule has 0 aliphatic rings. The second-order valence-corrected chi connectivity index (χ2v) is 6.33. The summed E-state index contributed by atoms with van der Waals surface area (Å²) in [6.07, 6.45) is 19.5. The molecule has 0 aliphatic heterocycles. The van der Waals surface area contributed by atoms with Gasteiger partial charge in [-0.1, -0.05) is 61.6 Å². The van der Waals surface area contributed by atoms with Crippen molar-refractivity contribution in [3.05, 3.63) is 72.9 Å². The smallest absolute Gasteiger partial charge is 0.330 e. The van der Waals surface area contributed by atoms with E-state index >= 15 is 0 Å². The van der Waals surface area contributed by atoms with Crippen LogP contribution in [0, 0.1) is 5.41 Å². The van der Waals surface area contributed by atoms with Gasteiger partial charge in [-0.3, -0.25) is 0 Å². The monoisotopic (exact) mass is 416 g/mol. The van der Waals surface area contributed by atoms with Gasteiger partial charge >= 0.3 is 17.9 Å². The van der Waals surface area contributed by atoms with Crippen molar-refractivity contribution in [3.8, 4) is 0 Å². The molecule has 0 fully saturated rings. The SMILES string of the molecule is CC=CC=CC(=O)OCC(CC)(COC(=O)C=CC=CC)COC(=O)C=CC=CC. The highest BCUT2D eigenvalue weighted by molar-refractivity contribution is 5.83. The molecule has 30 heavy (non-hydrogen) atoms. The van der Waals surface area contributed by atoms with E-state index in [0.29, 0.717) is 6.42 Å². The molecule has 0 N–H and O–H groups in total. The molecule has 0 radical (unpaired) electrons. The van der Waals surface area contributed by atoms with Crippen LogP contribution in [0.15, 0.2) is 72.9 Å². The van der Waals surface area contributed by atoms with Crippen molar-refractivity contribution in [2.45, 2.75) is 34.1 Å². The predicted octanol–water partition coefficient (Wildman–Crippen LogP) is 4.41. The number of allylic oxidation sites excluding steroid dienone is 9. The maximum Gasteiger partial charge on any atom is 0.330 e. The van der Waals surface area contributed by atoms with Crippen molar-refractivity contribution in [1.82, 2.24) is 0 Å². The van der Waals surface area contributed by atoms with Crippen molar-refractivity contribution < 1.29 is 28.6 Å². The van der Waals surface area contributed by atoms with Gasteiger partial charge in [0.2, 0.25) is 0 Å². The highest BCUT2D eigenvalue weighted by Gasteiger charge is 2.33. The molecule has 0 rings (SSSR count). The summed E-state index contributed by atoms with van der Waals surface area (Å²) in [6.45, 7) is 7.12. The zero-order valence-corrected chi connectivity index (χ0v) is 18.2. The normalized spacial score (nSPS) is 14.4. The Morgan fingerprint density at radius 2 is 0.900 bits per heavy atom. The summed E-state index contributed by atoms with van der Waals surface area (Å²) in [5, 5.41) is 0. The Labute approximate surface area is 179 Å². The molecule has 0 heterocycles. The van der Waals surface area contributed by atoms with Gasteiger partial charge in [0, 0.05) is 18.2 Å². The molecule has 0 aromatic rings. The molecular formula is C24H32O6. The Bertz CT molecular complexity index is 614. The van der Waals surface area contributed by atoms with Crippen LogP contribution in [0.1, 0.15) is 34.1 Å². The second-order valence-electron chi connectivity index (χ2n) is 6.33. The minimum Gasteiger partial charge on any atom is -0.462 e. The maximum absolute atomic E-state index is 11.9. The van der Waals surface area contributed by atoms with Crippen LogP contribution in [-0.2, 0) is 28.6 Å². The van der Waals surface area contributed by atoms with E-state index < -0.39 is 23.3 Å². The molecule has 0 bridgehead atoms. The molecule has 0 aromatic heterocycles. The molecule has 0 amide bonds. The zero-order chi connectivity index (χ0) is 22.7. The summed E-state index contributed by atoms with van der Waals surface area (Å²) in [7, 11) is 0. The van der Waals surface area contributed by atoms with E-state index in [0.717, 1.165) is 0 Å². The van der Waals surface area contributed by atoms with Gasteiger partial charge in [0.15, 0.2) is 0 Å². The summed E-state index contributed by atoms with van der Waals surface area (Å²) < 4.78 is 15.9. The van der Waals surface area contributed by atoms with Crippen molar-refractivity contribution in [3.63, 3.8) is 0 Å². The van der Waals surface area contributed by atoms with Crippen LogP contribution < -0.4 is 0 Å². The number of esters is 3. The lowest BCUT2D eigenvalue weighted by Gasteiger charge is -2.30. The third-order valence-electron chi connectivity index (χ3n) is 3.92. The van der Waals surface area contributed by atoms with Gasteiger partial charge in [0.25, 0.3) is 0 Å². The van der Waals surface area contributed by atoms with Crippen LogP contribution in [0.2, 0.25) is 0 Å². The van der Waals surface area contributed by atoms with Crippen LogP contribution >= 0.6 is 0 Å². The third-order valence-corrected chi connectivity index (χ3v) is 3.92. The first-order chi connectivity index (χ1) is 14.4. The van der Waals surface area contributed by atoms with E-state index in [2.05, 4.69) is 0 Å². The Morgan fingerprint density at radius 3 is 1.13 bits per heavy atom. The van der Waals surface area contributed by atoms with Crippen molar-refractivity contribution in [1.29, 1.82) is 0 Å². The fourth-order valence-electron chi connectivity index (χ4n) is 1.98. The summed E-state index contributed by atoms with van der Waals surface area (Å²) in [4.78, 5) is 35.7. The quantitative estimate of drug-likeness (QED) is 0.192. The van der Waals surface area contributed by atoms with E-state index in [9.17, 15) is 14.4 Å². The average Bonchev–Trinajstić information content (AvgIpc) is 2.74. The third kappa shape index (κ3) is 13.1. The standard InChI is InChI=1S/C24H32O6/c1-5-9-12-15-21(25)28-18-24(8-4,19-29-22(26)16-13-10-6-2)20-30-23(27)17-14-11-7-3/h5-7,9-17H,8,18-20H2,1-4H3. The topological polar surface area (TPSA) is 78.9 Å². The minimum atomic E-state index is -0.863. The Morgan fingerprint density at radius 1 is 0.600 bits per heavy atom.